The third-order valence-electron chi connectivity index (χ3n) is 5.79. The van der Waals surface area contributed by atoms with E-state index in [1.165, 1.54) is 77.5 Å². The number of nitrogens with zero attached hydrogens (tertiary/aromatic N) is 5. The summed E-state index contributed by atoms with van der Waals surface area (Å²) in [5.41, 5.74) is 0.291. The molecule has 0 aliphatic rings. The van der Waals surface area contributed by atoms with Gasteiger partial charge in [0.25, 0.3) is 0 Å². The Balaban J connectivity index is 1.87. The zero-order valence-corrected chi connectivity index (χ0v) is 21.4. The number of methoxy groups -OCH3 is 3. The van der Waals surface area contributed by atoms with Gasteiger partial charge < -0.3 is 19.5 Å². The molecule has 10 nitrogen and oxygen atoms in total. The predicted molar refractivity (Wildman–Crippen MR) is 133 cm³/mol. The van der Waals surface area contributed by atoms with E-state index in [2.05, 4.69) is 27.7 Å². The molecule has 192 valence electrons. The van der Waals surface area contributed by atoms with Gasteiger partial charge in [-0.3, -0.25) is 4.79 Å². The van der Waals surface area contributed by atoms with Crippen LogP contribution in [0.25, 0.3) is 0 Å². The third kappa shape index (κ3) is 8.74. The van der Waals surface area contributed by atoms with Gasteiger partial charge in [-0.25, -0.2) is 0 Å². The molecule has 0 saturated heterocycles. The van der Waals surface area contributed by atoms with Crippen molar-refractivity contribution in [1.82, 2.24) is 20.2 Å². The lowest BCUT2D eigenvalue weighted by atomic mass is 10.1. The Morgan fingerprint density at radius 2 is 1.54 bits per heavy atom. The smallest absolute Gasteiger partial charge is 0.249 e. The van der Waals surface area contributed by atoms with Gasteiger partial charge in [-0.2, -0.15) is 10.1 Å². The summed E-state index contributed by atoms with van der Waals surface area (Å²) in [4.78, 5) is 14.3. The Labute approximate surface area is 207 Å². The molecule has 2 aromatic rings. The van der Waals surface area contributed by atoms with Crippen LogP contribution < -0.4 is 19.5 Å². The number of hydrogen-bond donors (Lipinski definition) is 1. The predicted octanol–water partition coefficient (Wildman–Crippen LogP) is 4.87. The fourth-order valence-corrected chi connectivity index (χ4v) is 3.76. The van der Waals surface area contributed by atoms with E-state index in [-0.39, 0.29) is 5.82 Å². The van der Waals surface area contributed by atoms with Crippen LogP contribution >= 0.6 is 0 Å². The maximum Gasteiger partial charge on any atom is 0.249 e. The number of hydrogen-bond acceptors (Lipinski definition) is 8. The highest BCUT2D eigenvalue weighted by Crippen LogP contribution is 2.39. The number of rotatable bonds is 17. The fraction of sp³-hybridized carbons (Fsp3) is 0.640. The lowest BCUT2D eigenvalue weighted by molar-refractivity contribution is -0.116. The molecule has 0 spiro atoms. The molecule has 0 aliphatic heterocycles. The van der Waals surface area contributed by atoms with Crippen LogP contribution in [0.1, 0.15) is 82.9 Å². The maximum absolute atomic E-state index is 12.9. The maximum atomic E-state index is 12.9. The van der Waals surface area contributed by atoms with Gasteiger partial charge in [-0.15, -0.1) is 10.2 Å². The molecule has 0 aliphatic carbocycles. The van der Waals surface area contributed by atoms with Crippen LogP contribution in [-0.4, -0.2) is 47.4 Å². The average Bonchev–Trinajstić information content (AvgIpc) is 3.33. The van der Waals surface area contributed by atoms with Crippen molar-refractivity contribution in [3.8, 4) is 23.3 Å². The van der Waals surface area contributed by atoms with Gasteiger partial charge >= 0.3 is 0 Å². The van der Waals surface area contributed by atoms with Gasteiger partial charge in [0, 0.05) is 12.1 Å². The number of benzene rings is 1. The zero-order chi connectivity index (χ0) is 25.5. The number of tetrazole rings is 1. The van der Waals surface area contributed by atoms with E-state index in [4.69, 9.17) is 14.2 Å². The first-order valence-corrected chi connectivity index (χ1v) is 12.4. The molecule has 1 heterocycles. The number of carbonyl (C=O) groups excluding carboxylic acids is 1. The topological polar surface area (TPSA) is 124 Å². The molecule has 0 unspecified atom stereocenters. The molecule has 1 N–H and O–H groups in total. The van der Waals surface area contributed by atoms with Crippen LogP contribution in [0.15, 0.2) is 12.1 Å². The van der Waals surface area contributed by atoms with Crippen molar-refractivity contribution < 1.29 is 19.0 Å². The van der Waals surface area contributed by atoms with Crippen molar-refractivity contribution in [1.29, 1.82) is 5.26 Å². The number of nitriles is 1. The van der Waals surface area contributed by atoms with E-state index in [0.29, 0.717) is 29.5 Å². The average molecular weight is 487 g/mol. The first-order valence-electron chi connectivity index (χ1n) is 12.4. The standard InChI is InChI=1S/C25H38N6O4/c1-5-6-7-8-9-10-11-12-13-14-15-31-29-24(28-30-31)20(18-26)25(32)27-23-21(34-3)16-19(33-2)17-22(23)35-4/h16-17,20H,5-15H2,1-4H3,(H,27,32)/t20-/m0/s1. The number of aromatic nitrogens is 4. The first-order chi connectivity index (χ1) is 17.1. The molecule has 0 bridgehead atoms. The summed E-state index contributed by atoms with van der Waals surface area (Å²) in [6, 6.07) is 5.18. The van der Waals surface area contributed by atoms with Crippen molar-refractivity contribution >= 4 is 11.6 Å². The summed E-state index contributed by atoms with van der Waals surface area (Å²) in [5, 5.41) is 24.5. The van der Waals surface area contributed by atoms with E-state index in [0.717, 1.165) is 12.8 Å². The molecule has 0 saturated carbocycles. The van der Waals surface area contributed by atoms with Crippen LogP contribution in [0.4, 0.5) is 5.69 Å². The van der Waals surface area contributed by atoms with Gasteiger partial charge in [0.15, 0.2) is 5.92 Å². The first kappa shape index (κ1) is 27.9. The Morgan fingerprint density at radius 3 is 2.06 bits per heavy atom. The number of carbonyl (C=O) groups is 1. The van der Waals surface area contributed by atoms with Crippen LogP contribution in [-0.2, 0) is 11.3 Å². The van der Waals surface area contributed by atoms with Crippen molar-refractivity contribution in [3.05, 3.63) is 18.0 Å². The number of amides is 1. The molecular formula is C25H38N6O4. The molecule has 35 heavy (non-hydrogen) atoms. The summed E-state index contributed by atoms with van der Waals surface area (Å²) < 4.78 is 15.9. The summed E-state index contributed by atoms with van der Waals surface area (Å²) in [5.74, 6) is -0.595. The van der Waals surface area contributed by atoms with E-state index < -0.39 is 11.8 Å². The highest BCUT2D eigenvalue weighted by Gasteiger charge is 2.27. The van der Waals surface area contributed by atoms with Crippen LogP contribution in [0.3, 0.4) is 0 Å². The highest BCUT2D eigenvalue weighted by atomic mass is 16.5. The molecule has 1 aromatic heterocycles. The minimum Gasteiger partial charge on any atom is -0.496 e. The Hall–Kier alpha value is -3.35. The lowest BCUT2D eigenvalue weighted by Gasteiger charge is -2.16. The minimum atomic E-state index is -1.23. The molecule has 1 aromatic carbocycles. The molecule has 0 fully saturated rings. The van der Waals surface area contributed by atoms with Gasteiger partial charge in [0.05, 0.1) is 33.9 Å². The van der Waals surface area contributed by atoms with Crippen molar-refractivity contribution in [2.75, 3.05) is 26.6 Å². The van der Waals surface area contributed by atoms with Crippen LogP contribution in [0.5, 0.6) is 17.2 Å². The molecule has 2 rings (SSSR count). The SMILES string of the molecule is CCCCCCCCCCCCn1nnc([C@H](C#N)C(=O)Nc2c(OC)cc(OC)cc2OC)n1. The number of nitrogens with one attached hydrogen (secondary N) is 1. The van der Waals surface area contributed by atoms with E-state index in [1.54, 1.807) is 12.1 Å². The summed E-state index contributed by atoms with van der Waals surface area (Å²) in [7, 11) is 4.45. The summed E-state index contributed by atoms with van der Waals surface area (Å²) in [6.07, 6.45) is 12.4. The Morgan fingerprint density at radius 1 is 0.971 bits per heavy atom. The second-order valence-corrected chi connectivity index (χ2v) is 8.38. The van der Waals surface area contributed by atoms with Crippen LogP contribution in [0.2, 0.25) is 0 Å². The molecule has 1 atom stereocenters. The zero-order valence-electron chi connectivity index (χ0n) is 21.4. The Kier molecular flexibility index (Phi) is 12.4. The van der Waals surface area contributed by atoms with Gasteiger partial charge in [-0.1, -0.05) is 64.7 Å². The van der Waals surface area contributed by atoms with Crippen molar-refractivity contribution in [2.24, 2.45) is 0 Å². The molecular weight excluding hydrogens is 448 g/mol. The summed E-state index contributed by atoms with van der Waals surface area (Å²) >= 11 is 0. The van der Waals surface area contributed by atoms with Gasteiger partial charge in [0.2, 0.25) is 11.7 Å². The van der Waals surface area contributed by atoms with Crippen LogP contribution in [0, 0.1) is 11.3 Å². The quantitative estimate of drug-likeness (QED) is 0.314. The number of ether oxygens (including phenoxy) is 3. The highest BCUT2D eigenvalue weighted by molar-refractivity contribution is 5.99. The molecule has 1 amide bonds. The van der Waals surface area contributed by atoms with Crippen molar-refractivity contribution in [3.63, 3.8) is 0 Å². The normalized spacial score (nSPS) is 11.5. The third-order valence-corrected chi connectivity index (χ3v) is 5.79. The summed E-state index contributed by atoms with van der Waals surface area (Å²) in [6.45, 7) is 2.84. The monoisotopic (exact) mass is 486 g/mol. The number of unbranched alkanes of at least 4 members (excludes halogenated alkanes) is 9. The van der Waals surface area contributed by atoms with Gasteiger partial charge in [-0.05, 0) is 11.6 Å². The minimum absolute atomic E-state index is 0.0588. The number of aryl methyl sites for hydroxylation is 1. The van der Waals surface area contributed by atoms with E-state index in [1.807, 2.05) is 6.07 Å². The lowest BCUT2D eigenvalue weighted by Crippen LogP contribution is -2.22. The van der Waals surface area contributed by atoms with Crippen molar-refractivity contribution in [2.45, 2.75) is 83.6 Å². The molecule has 10 heteroatoms. The Bertz CT molecular complexity index is 931. The molecule has 0 radical (unpaired) electrons. The van der Waals surface area contributed by atoms with E-state index in [9.17, 15) is 10.1 Å². The fourth-order valence-electron chi connectivity index (χ4n) is 3.76. The largest absolute Gasteiger partial charge is 0.496 e. The second kappa shape index (κ2) is 15.5. The second-order valence-electron chi connectivity index (χ2n) is 8.38. The van der Waals surface area contributed by atoms with E-state index >= 15 is 0 Å². The van der Waals surface area contributed by atoms with Gasteiger partial charge in [0.1, 0.15) is 22.9 Å². The number of anilines is 1.